The van der Waals surface area contributed by atoms with Crippen LogP contribution in [0.15, 0.2) is 0 Å². The summed E-state index contributed by atoms with van der Waals surface area (Å²) in [6.45, 7) is 5.13. The van der Waals surface area contributed by atoms with Crippen LogP contribution in [0, 0.1) is 0 Å². The summed E-state index contributed by atoms with van der Waals surface area (Å²) in [5, 5.41) is 9.30. The molecule has 1 aliphatic heterocycles. The molecule has 0 spiro atoms. The molecular formula is C7H15NO2. The minimum Gasteiger partial charge on any atom is -0.388 e. The highest BCUT2D eigenvalue weighted by molar-refractivity contribution is 4.90. The Labute approximate surface area is 61.6 Å². The van der Waals surface area contributed by atoms with Crippen LogP contribution >= 0.6 is 0 Å². The van der Waals surface area contributed by atoms with Crippen molar-refractivity contribution in [3.8, 4) is 0 Å². The number of hydrogen-bond acceptors (Lipinski definition) is 3. The van der Waals surface area contributed by atoms with Crippen LogP contribution in [0.4, 0.5) is 0 Å². The molecule has 0 aromatic rings. The summed E-state index contributed by atoms with van der Waals surface area (Å²) in [4.78, 5) is 2.17. The monoisotopic (exact) mass is 145 g/mol. The van der Waals surface area contributed by atoms with Gasteiger partial charge < -0.3 is 9.84 Å². The van der Waals surface area contributed by atoms with Crippen LogP contribution in [0.3, 0.4) is 0 Å². The van der Waals surface area contributed by atoms with E-state index in [2.05, 4.69) is 4.90 Å². The number of β-amino-alcohol motifs (C(OH)–C–C–N with tert-alkyl or cyclic N) is 1. The summed E-state index contributed by atoms with van der Waals surface area (Å²) < 4.78 is 4.89. The standard InChI is InChI=1S/C7H15NO2/c1-7(9)5-8(6-7)3-4-10-2/h9H,3-6H2,1-2H3. The third-order valence-corrected chi connectivity index (χ3v) is 1.74. The van der Waals surface area contributed by atoms with E-state index >= 15 is 0 Å². The Morgan fingerprint density at radius 3 is 2.60 bits per heavy atom. The van der Waals surface area contributed by atoms with Crippen LogP contribution in [0.2, 0.25) is 0 Å². The number of likely N-dealkylation sites (tertiary alicyclic amines) is 1. The summed E-state index contributed by atoms with van der Waals surface area (Å²) in [6, 6.07) is 0. The molecule has 1 N–H and O–H groups in total. The highest BCUT2D eigenvalue weighted by atomic mass is 16.5. The molecule has 10 heavy (non-hydrogen) atoms. The zero-order valence-electron chi connectivity index (χ0n) is 6.63. The Morgan fingerprint density at radius 2 is 2.20 bits per heavy atom. The van der Waals surface area contributed by atoms with Gasteiger partial charge >= 0.3 is 0 Å². The molecule has 1 rings (SSSR count). The number of rotatable bonds is 3. The molecular weight excluding hydrogens is 130 g/mol. The van der Waals surface area contributed by atoms with Gasteiger partial charge in [0.25, 0.3) is 0 Å². The van der Waals surface area contributed by atoms with Gasteiger partial charge in [-0.15, -0.1) is 0 Å². The summed E-state index contributed by atoms with van der Waals surface area (Å²) >= 11 is 0. The van der Waals surface area contributed by atoms with Crippen LogP contribution in [-0.4, -0.2) is 49.0 Å². The Kier molecular flexibility index (Phi) is 2.28. The zero-order chi connectivity index (χ0) is 7.61. The van der Waals surface area contributed by atoms with Gasteiger partial charge in [0.2, 0.25) is 0 Å². The van der Waals surface area contributed by atoms with E-state index in [1.807, 2.05) is 6.92 Å². The van der Waals surface area contributed by atoms with Crippen molar-refractivity contribution in [1.82, 2.24) is 4.90 Å². The first-order chi connectivity index (χ1) is 4.64. The van der Waals surface area contributed by atoms with Crippen LogP contribution in [0.25, 0.3) is 0 Å². The Morgan fingerprint density at radius 1 is 1.60 bits per heavy atom. The third kappa shape index (κ3) is 1.94. The second-order valence-electron chi connectivity index (χ2n) is 3.20. The number of ether oxygens (including phenoxy) is 1. The van der Waals surface area contributed by atoms with Crippen molar-refractivity contribution in [2.75, 3.05) is 33.4 Å². The van der Waals surface area contributed by atoms with E-state index in [-0.39, 0.29) is 0 Å². The van der Waals surface area contributed by atoms with Crippen molar-refractivity contribution in [2.24, 2.45) is 0 Å². The molecule has 0 unspecified atom stereocenters. The lowest BCUT2D eigenvalue weighted by Crippen LogP contribution is -2.60. The molecule has 1 fully saturated rings. The summed E-state index contributed by atoms with van der Waals surface area (Å²) in [6.07, 6.45) is 0. The molecule has 0 aromatic heterocycles. The Hall–Kier alpha value is -0.120. The van der Waals surface area contributed by atoms with Gasteiger partial charge in [0, 0.05) is 26.7 Å². The largest absolute Gasteiger partial charge is 0.388 e. The minimum atomic E-state index is -0.437. The van der Waals surface area contributed by atoms with Gasteiger partial charge in [-0.3, -0.25) is 4.90 Å². The Bertz CT molecular complexity index is 106. The quantitative estimate of drug-likeness (QED) is 0.592. The molecule has 60 valence electrons. The van der Waals surface area contributed by atoms with Crippen molar-refractivity contribution < 1.29 is 9.84 Å². The van der Waals surface area contributed by atoms with Gasteiger partial charge in [-0.2, -0.15) is 0 Å². The fourth-order valence-corrected chi connectivity index (χ4v) is 1.30. The van der Waals surface area contributed by atoms with Crippen LogP contribution in [-0.2, 0) is 4.74 Å². The average molecular weight is 145 g/mol. The number of nitrogens with zero attached hydrogens (tertiary/aromatic N) is 1. The van der Waals surface area contributed by atoms with Gasteiger partial charge in [-0.05, 0) is 6.92 Å². The maximum absolute atomic E-state index is 9.30. The van der Waals surface area contributed by atoms with Gasteiger partial charge in [-0.1, -0.05) is 0 Å². The first kappa shape index (κ1) is 7.98. The van der Waals surface area contributed by atoms with E-state index in [0.29, 0.717) is 0 Å². The molecule has 0 aliphatic carbocycles. The smallest absolute Gasteiger partial charge is 0.0872 e. The normalized spacial score (nSPS) is 24.3. The number of aliphatic hydroxyl groups is 1. The lowest BCUT2D eigenvalue weighted by atomic mass is 9.97. The molecule has 0 radical (unpaired) electrons. The highest BCUT2D eigenvalue weighted by Crippen LogP contribution is 2.18. The van der Waals surface area contributed by atoms with Crippen molar-refractivity contribution in [3.05, 3.63) is 0 Å². The molecule has 1 aliphatic rings. The van der Waals surface area contributed by atoms with Crippen molar-refractivity contribution in [3.63, 3.8) is 0 Å². The van der Waals surface area contributed by atoms with Crippen molar-refractivity contribution in [1.29, 1.82) is 0 Å². The fraction of sp³-hybridized carbons (Fsp3) is 1.00. The summed E-state index contributed by atoms with van der Waals surface area (Å²) in [5.74, 6) is 0. The number of methoxy groups -OCH3 is 1. The van der Waals surface area contributed by atoms with Crippen LogP contribution in [0.1, 0.15) is 6.92 Å². The lowest BCUT2D eigenvalue weighted by molar-refractivity contribution is -0.0884. The van der Waals surface area contributed by atoms with E-state index in [1.54, 1.807) is 7.11 Å². The van der Waals surface area contributed by atoms with Crippen molar-refractivity contribution >= 4 is 0 Å². The Balaban J connectivity index is 2.03. The first-order valence-corrected chi connectivity index (χ1v) is 3.58. The van der Waals surface area contributed by atoms with Crippen LogP contribution in [0.5, 0.6) is 0 Å². The predicted octanol–water partition coefficient (Wildman–Crippen LogP) is -0.301. The minimum absolute atomic E-state index is 0.437. The van der Waals surface area contributed by atoms with Gasteiger partial charge in [0.1, 0.15) is 0 Å². The molecule has 0 bridgehead atoms. The lowest BCUT2D eigenvalue weighted by Gasteiger charge is -2.44. The van der Waals surface area contributed by atoms with Gasteiger partial charge in [0.15, 0.2) is 0 Å². The van der Waals surface area contributed by atoms with Gasteiger partial charge in [-0.25, -0.2) is 0 Å². The maximum atomic E-state index is 9.30. The summed E-state index contributed by atoms with van der Waals surface area (Å²) in [5.41, 5.74) is -0.437. The van der Waals surface area contributed by atoms with E-state index < -0.39 is 5.60 Å². The fourth-order valence-electron chi connectivity index (χ4n) is 1.30. The third-order valence-electron chi connectivity index (χ3n) is 1.74. The topological polar surface area (TPSA) is 32.7 Å². The first-order valence-electron chi connectivity index (χ1n) is 3.58. The molecule has 0 aromatic carbocycles. The average Bonchev–Trinajstić information content (AvgIpc) is 1.78. The maximum Gasteiger partial charge on any atom is 0.0872 e. The highest BCUT2D eigenvalue weighted by Gasteiger charge is 2.35. The van der Waals surface area contributed by atoms with Gasteiger partial charge in [0.05, 0.1) is 12.2 Å². The van der Waals surface area contributed by atoms with E-state index in [9.17, 15) is 5.11 Å². The van der Waals surface area contributed by atoms with E-state index in [0.717, 1.165) is 26.2 Å². The second kappa shape index (κ2) is 2.86. The number of hydrogen-bond donors (Lipinski definition) is 1. The van der Waals surface area contributed by atoms with E-state index in [1.165, 1.54) is 0 Å². The molecule has 3 nitrogen and oxygen atoms in total. The molecule has 0 amide bonds. The van der Waals surface area contributed by atoms with Crippen LogP contribution < -0.4 is 0 Å². The molecule has 3 heteroatoms. The molecule has 0 saturated carbocycles. The zero-order valence-corrected chi connectivity index (χ0v) is 6.63. The SMILES string of the molecule is COCCN1CC(C)(O)C1. The van der Waals surface area contributed by atoms with E-state index in [4.69, 9.17) is 4.74 Å². The molecule has 1 saturated heterocycles. The van der Waals surface area contributed by atoms with Crippen molar-refractivity contribution in [2.45, 2.75) is 12.5 Å². The molecule has 1 heterocycles. The summed E-state index contributed by atoms with van der Waals surface area (Å²) in [7, 11) is 1.69. The second-order valence-corrected chi connectivity index (χ2v) is 3.20. The predicted molar refractivity (Wildman–Crippen MR) is 38.9 cm³/mol. The molecule has 0 atom stereocenters.